The van der Waals surface area contributed by atoms with E-state index >= 15 is 0 Å². The molecule has 37 heavy (non-hydrogen) atoms. The molecule has 0 atom stereocenters. The summed E-state index contributed by atoms with van der Waals surface area (Å²) in [5, 5.41) is 5.38. The van der Waals surface area contributed by atoms with E-state index in [4.69, 9.17) is 0 Å². The third-order valence-corrected chi connectivity index (χ3v) is 6.16. The second-order valence-electron chi connectivity index (χ2n) is 8.72. The van der Waals surface area contributed by atoms with Gasteiger partial charge in [-0.2, -0.15) is 0 Å². The van der Waals surface area contributed by atoms with Crippen molar-refractivity contribution in [2.75, 3.05) is 10.6 Å². The maximum Gasteiger partial charge on any atom is 0.275 e. The topological polar surface area (TPSA) is 82.9 Å². The number of aliphatic imine (C=N–C) groups is 2. The van der Waals surface area contributed by atoms with Gasteiger partial charge < -0.3 is 10.6 Å². The molecule has 8 heteroatoms. The molecule has 6 rings (SSSR count). The van der Waals surface area contributed by atoms with Gasteiger partial charge in [0.05, 0.1) is 22.7 Å². The van der Waals surface area contributed by atoms with Gasteiger partial charge in [-0.15, -0.1) is 0 Å². The van der Waals surface area contributed by atoms with Crippen LogP contribution >= 0.6 is 0 Å². The molecule has 0 saturated carbocycles. The Kier molecular flexibility index (Phi) is 5.41. The number of hydrogen-bond acceptors (Lipinski definition) is 4. The Hall–Kier alpha value is -4.98. The minimum atomic E-state index is -0.430. The van der Waals surface area contributed by atoms with Crippen molar-refractivity contribution < 1.29 is 18.4 Å². The number of amides is 2. The molecule has 0 aromatic heterocycles. The van der Waals surface area contributed by atoms with E-state index in [0.29, 0.717) is 40.3 Å². The van der Waals surface area contributed by atoms with Gasteiger partial charge in [0.2, 0.25) is 0 Å². The maximum atomic E-state index is 13.6. The molecule has 2 heterocycles. The van der Waals surface area contributed by atoms with Gasteiger partial charge in [0.1, 0.15) is 23.1 Å². The average molecular weight is 492 g/mol. The van der Waals surface area contributed by atoms with E-state index in [9.17, 15) is 18.4 Å². The molecule has 0 radical (unpaired) electrons. The molecule has 2 aliphatic heterocycles. The van der Waals surface area contributed by atoms with Crippen LogP contribution < -0.4 is 10.6 Å². The molecule has 0 bridgehead atoms. The quantitative estimate of drug-likeness (QED) is 0.383. The Morgan fingerprint density at radius 3 is 1.38 bits per heavy atom. The van der Waals surface area contributed by atoms with Crippen molar-refractivity contribution in [1.82, 2.24) is 0 Å². The molecule has 2 amide bonds. The first-order valence-corrected chi connectivity index (χ1v) is 11.5. The number of benzene rings is 4. The lowest BCUT2D eigenvalue weighted by molar-refractivity contribution is -0.110. The van der Waals surface area contributed by atoms with Crippen LogP contribution in [0.2, 0.25) is 0 Å². The number of rotatable bonds is 4. The van der Waals surface area contributed by atoms with Crippen LogP contribution in [0.15, 0.2) is 94.9 Å². The molecule has 0 fully saturated rings. The van der Waals surface area contributed by atoms with Crippen LogP contribution in [0.1, 0.15) is 22.3 Å². The van der Waals surface area contributed by atoms with Gasteiger partial charge in [-0.05, 0) is 78.2 Å². The number of hydrogen-bond donors (Lipinski definition) is 2. The van der Waals surface area contributed by atoms with Crippen LogP contribution in [0.5, 0.6) is 0 Å². The van der Waals surface area contributed by atoms with Crippen molar-refractivity contribution in [3.8, 4) is 0 Å². The minimum Gasteiger partial charge on any atom is -0.320 e. The summed E-state index contributed by atoms with van der Waals surface area (Å²) in [6, 6.07) is 23.1. The molecule has 0 spiro atoms. The van der Waals surface area contributed by atoms with Gasteiger partial charge in [-0.1, -0.05) is 24.3 Å². The standard InChI is InChI=1S/C29H18F2N4O2/c30-18-5-11-24-22(14-18)26(28(36)34-24)32-20-7-1-16(2-8-20)13-17-3-9-21(10-4-17)33-27-23-15-19(31)6-12-25(23)35-29(27)37/h1-12,14-15H,13H2,(H,32,34,36)(H,33,35,37). The van der Waals surface area contributed by atoms with Gasteiger partial charge in [0, 0.05) is 11.1 Å². The van der Waals surface area contributed by atoms with Gasteiger partial charge in [0.15, 0.2) is 0 Å². The lowest BCUT2D eigenvalue weighted by Gasteiger charge is -2.04. The molecule has 0 aliphatic carbocycles. The highest BCUT2D eigenvalue weighted by molar-refractivity contribution is 6.54. The molecule has 4 aromatic carbocycles. The summed E-state index contributed by atoms with van der Waals surface area (Å²) in [7, 11) is 0. The third-order valence-electron chi connectivity index (χ3n) is 6.16. The fraction of sp³-hybridized carbons (Fsp3) is 0.0345. The SMILES string of the molecule is O=C1Nc2ccc(F)cc2C1=Nc1ccc(Cc2ccc(N=C3C(=O)Nc4ccc(F)cc43)cc2)cc1. The largest absolute Gasteiger partial charge is 0.320 e. The van der Waals surface area contributed by atoms with Crippen molar-refractivity contribution in [3.63, 3.8) is 0 Å². The monoisotopic (exact) mass is 492 g/mol. The second-order valence-corrected chi connectivity index (χ2v) is 8.72. The Morgan fingerprint density at radius 1 is 0.568 bits per heavy atom. The lowest BCUT2D eigenvalue weighted by atomic mass is 10.0. The summed E-state index contributed by atoms with van der Waals surface area (Å²) >= 11 is 0. The molecular formula is C29H18F2N4O2. The van der Waals surface area contributed by atoms with Gasteiger partial charge in [0.25, 0.3) is 11.8 Å². The van der Waals surface area contributed by atoms with E-state index in [-0.39, 0.29) is 23.2 Å². The first-order valence-electron chi connectivity index (χ1n) is 11.5. The van der Waals surface area contributed by atoms with E-state index in [0.717, 1.165) is 11.1 Å². The van der Waals surface area contributed by atoms with Crippen molar-refractivity contribution >= 4 is 46.0 Å². The molecule has 0 saturated heterocycles. The maximum absolute atomic E-state index is 13.6. The lowest BCUT2D eigenvalue weighted by Crippen LogP contribution is -2.13. The van der Waals surface area contributed by atoms with Crippen LogP contribution in [0, 0.1) is 11.6 Å². The summed E-state index contributed by atoms with van der Waals surface area (Å²) in [6.45, 7) is 0. The molecule has 2 aliphatic rings. The second kappa shape index (κ2) is 8.91. The molecular weight excluding hydrogens is 474 g/mol. The first kappa shape index (κ1) is 22.5. The van der Waals surface area contributed by atoms with Gasteiger partial charge in [-0.25, -0.2) is 18.8 Å². The zero-order valence-electron chi connectivity index (χ0n) is 19.3. The molecule has 4 aromatic rings. The van der Waals surface area contributed by atoms with Crippen LogP contribution in [-0.2, 0) is 16.0 Å². The predicted octanol–water partition coefficient (Wildman–Crippen LogP) is 5.70. The number of carbonyl (C=O) groups excluding carboxylic acids is 2. The van der Waals surface area contributed by atoms with E-state index < -0.39 is 11.6 Å². The van der Waals surface area contributed by atoms with Crippen LogP contribution in [0.25, 0.3) is 0 Å². The van der Waals surface area contributed by atoms with E-state index in [1.54, 1.807) is 0 Å². The first-order chi connectivity index (χ1) is 17.9. The summed E-state index contributed by atoms with van der Waals surface area (Å²) in [5.74, 6) is -1.59. The highest BCUT2D eigenvalue weighted by atomic mass is 19.1. The zero-order chi connectivity index (χ0) is 25.5. The van der Waals surface area contributed by atoms with Crippen molar-refractivity contribution in [3.05, 3.63) is 119 Å². The molecule has 180 valence electrons. The van der Waals surface area contributed by atoms with Gasteiger partial charge in [-0.3, -0.25) is 9.59 Å². The molecule has 6 nitrogen and oxygen atoms in total. The fourth-order valence-electron chi connectivity index (χ4n) is 4.34. The Labute approximate surface area is 210 Å². The normalized spacial score (nSPS) is 16.1. The number of halogens is 2. The Morgan fingerprint density at radius 2 is 0.973 bits per heavy atom. The van der Waals surface area contributed by atoms with E-state index in [2.05, 4.69) is 20.6 Å². The van der Waals surface area contributed by atoms with Crippen molar-refractivity contribution in [2.45, 2.75) is 6.42 Å². The highest BCUT2D eigenvalue weighted by Gasteiger charge is 2.27. The Balaban J connectivity index is 1.18. The van der Waals surface area contributed by atoms with Crippen molar-refractivity contribution in [2.24, 2.45) is 9.98 Å². The van der Waals surface area contributed by atoms with E-state index in [1.807, 2.05) is 48.5 Å². The smallest absolute Gasteiger partial charge is 0.275 e. The molecule has 0 unspecified atom stereocenters. The molecule has 2 N–H and O–H groups in total. The fourth-order valence-corrected chi connectivity index (χ4v) is 4.34. The summed E-state index contributed by atoms with van der Waals surface area (Å²) in [4.78, 5) is 33.4. The van der Waals surface area contributed by atoms with Crippen LogP contribution in [-0.4, -0.2) is 23.2 Å². The summed E-state index contributed by atoms with van der Waals surface area (Å²) < 4.78 is 27.3. The summed E-state index contributed by atoms with van der Waals surface area (Å²) in [6.07, 6.45) is 0.650. The predicted molar refractivity (Wildman–Crippen MR) is 138 cm³/mol. The number of nitrogens with one attached hydrogen (secondary N) is 2. The van der Waals surface area contributed by atoms with Crippen LogP contribution in [0.4, 0.5) is 31.5 Å². The highest BCUT2D eigenvalue weighted by Crippen LogP contribution is 2.28. The average Bonchev–Trinajstić information content (AvgIpc) is 3.36. The minimum absolute atomic E-state index is 0.181. The summed E-state index contributed by atoms with van der Waals surface area (Å²) in [5.41, 5.74) is 5.58. The number of fused-ring (bicyclic) bond motifs is 2. The van der Waals surface area contributed by atoms with Crippen LogP contribution in [0.3, 0.4) is 0 Å². The zero-order valence-corrected chi connectivity index (χ0v) is 19.3. The third kappa shape index (κ3) is 4.40. The van der Waals surface area contributed by atoms with E-state index in [1.165, 1.54) is 36.4 Å². The van der Waals surface area contributed by atoms with Gasteiger partial charge >= 0.3 is 0 Å². The number of nitrogens with zero attached hydrogens (tertiary/aromatic N) is 2. The Bertz CT molecular complexity index is 1520. The van der Waals surface area contributed by atoms with Crippen molar-refractivity contribution in [1.29, 1.82) is 0 Å². The number of carbonyl (C=O) groups is 2. The number of anilines is 2.